The Hall–Kier alpha value is -0.820. The minimum absolute atomic E-state index is 0.535. The minimum Gasteiger partial charge on any atom is -0.310 e. The van der Waals surface area contributed by atoms with Gasteiger partial charge in [-0.2, -0.15) is 0 Å². The van der Waals surface area contributed by atoms with Crippen LogP contribution in [0, 0.1) is 5.92 Å². The molecule has 1 aromatic rings. The van der Waals surface area contributed by atoms with Crippen LogP contribution < -0.4 is 5.32 Å². The molecule has 1 nitrogen and oxygen atoms in total. The van der Waals surface area contributed by atoms with Crippen LogP contribution in [0.1, 0.15) is 82.4 Å². The van der Waals surface area contributed by atoms with Gasteiger partial charge in [-0.05, 0) is 61.6 Å². The van der Waals surface area contributed by atoms with Crippen molar-refractivity contribution in [3.05, 3.63) is 35.4 Å². The van der Waals surface area contributed by atoms with Gasteiger partial charge in [-0.25, -0.2) is 0 Å². The molecule has 1 atom stereocenters. The molecule has 0 spiro atoms. The van der Waals surface area contributed by atoms with Crippen LogP contribution in [0.15, 0.2) is 24.3 Å². The molecular formula is C19H31N. The molecule has 1 N–H and O–H groups in total. The van der Waals surface area contributed by atoms with Gasteiger partial charge in [0.15, 0.2) is 0 Å². The van der Waals surface area contributed by atoms with Crippen LogP contribution in [0.5, 0.6) is 0 Å². The summed E-state index contributed by atoms with van der Waals surface area (Å²) in [6.45, 7) is 7.99. The summed E-state index contributed by atoms with van der Waals surface area (Å²) in [6.07, 6.45) is 7.96. The third-order valence-electron chi connectivity index (χ3n) is 4.59. The molecule has 1 aliphatic carbocycles. The lowest BCUT2D eigenvalue weighted by Gasteiger charge is -2.26. The predicted molar refractivity (Wildman–Crippen MR) is 88.1 cm³/mol. The topological polar surface area (TPSA) is 12.0 Å². The molecular weight excluding hydrogens is 242 g/mol. The molecule has 0 aliphatic heterocycles. The Morgan fingerprint density at radius 1 is 1.10 bits per heavy atom. The minimum atomic E-state index is 0.535. The van der Waals surface area contributed by atoms with Crippen molar-refractivity contribution < 1.29 is 0 Å². The van der Waals surface area contributed by atoms with Gasteiger partial charge in [-0.3, -0.25) is 0 Å². The maximum Gasteiger partial charge on any atom is 0.0320 e. The summed E-state index contributed by atoms with van der Waals surface area (Å²) in [5.74, 6) is 1.64. The first-order valence-corrected chi connectivity index (χ1v) is 8.54. The van der Waals surface area contributed by atoms with E-state index >= 15 is 0 Å². The van der Waals surface area contributed by atoms with E-state index in [0.717, 1.165) is 18.4 Å². The first-order chi connectivity index (χ1) is 9.70. The fraction of sp³-hybridized carbons (Fsp3) is 0.684. The lowest BCUT2D eigenvalue weighted by Crippen LogP contribution is -2.22. The molecule has 1 aliphatic rings. The van der Waals surface area contributed by atoms with Crippen molar-refractivity contribution in [2.75, 3.05) is 6.54 Å². The molecule has 1 heteroatoms. The summed E-state index contributed by atoms with van der Waals surface area (Å²) >= 11 is 0. The van der Waals surface area contributed by atoms with E-state index in [9.17, 15) is 0 Å². The van der Waals surface area contributed by atoms with E-state index in [0.29, 0.717) is 6.04 Å². The van der Waals surface area contributed by atoms with Crippen molar-refractivity contribution in [3.8, 4) is 0 Å². The standard InChI is InChI=1S/C19H31N/c1-4-14-20-19(13-8-15(2)3)18-11-9-17(10-12-18)16-6-5-7-16/h9-12,15-16,19-20H,4-8,13-14H2,1-3H3. The van der Waals surface area contributed by atoms with E-state index in [4.69, 9.17) is 0 Å². The number of rotatable bonds is 8. The van der Waals surface area contributed by atoms with E-state index < -0.39 is 0 Å². The SMILES string of the molecule is CCCNC(CCC(C)C)c1ccc(C2CCC2)cc1. The molecule has 0 radical (unpaired) electrons. The molecule has 112 valence electrons. The fourth-order valence-electron chi connectivity index (χ4n) is 2.95. The third kappa shape index (κ3) is 4.34. The monoisotopic (exact) mass is 273 g/mol. The molecule has 0 aromatic heterocycles. The maximum absolute atomic E-state index is 3.72. The van der Waals surface area contributed by atoms with Crippen LogP contribution in [0.2, 0.25) is 0 Å². The summed E-state index contributed by atoms with van der Waals surface area (Å²) in [6, 6.07) is 10.0. The number of hydrogen-bond donors (Lipinski definition) is 1. The largest absolute Gasteiger partial charge is 0.310 e. The van der Waals surface area contributed by atoms with Crippen LogP contribution in [0.25, 0.3) is 0 Å². The summed E-state index contributed by atoms with van der Waals surface area (Å²) in [7, 11) is 0. The van der Waals surface area contributed by atoms with Crippen molar-refractivity contribution in [2.45, 2.75) is 71.3 Å². The molecule has 2 rings (SSSR count). The normalized spacial score (nSPS) is 17.2. The van der Waals surface area contributed by atoms with E-state index in [1.807, 2.05) is 0 Å². The van der Waals surface area contributed by atoms with Crippen LogP contribution in [0.4, 0.5) is 0 Å². The van der Waals surface area contributed by atoms with E-state index in [1.54, 1.807) is 5.56 Å². The van der Waals surface area contributed by atoms with Gasteiger partial charge in [0, 0.05) is 6.04 Å². The van der Waals surface area contributed by atoms with Crippen LogP contribution in [-0.2, 0) is 0 Å². The number of hydrogen-bond acceptors (Lipinski definition) is 1. The van der Waals surface area contributed by atoms with E-state index in [-0.39, 0.29) is 0 Å². The molecule has 1 unspecified atom stereocenters. The molecule has 1 aromatic carbocycles. The molecule has 1 saturated carbocycles. The molecule has 0 saturated heterocycles. The van der Waals surface area contributed by atoms with Gasteiger partial charge >= 0.3 is 0 Å². The summed E-state index contributed by atoms with van der Waals surface area (Å²) < 4.78 is 0. The highest BCUT2D eigenvalue weighted by Crippen LogP contribution is 2.36. The quantitative estimate of drug-likeness (QED) is 0.666. The Morgan fingerprint density at radius 2 is 1.80 bits per heavy atom. The Labute approximate surface area is 125 Å². The third-order valence-corrected chi connectivity index (χ3v) is 4.59. The first-order valence-electron chi connectivity index (χ1n) is 8.54. The lowest BCUT2D eigenvalue weighted by atomic mass is 9.79. The highest BCUT2D eigenvalue weighted by molar-refractivity contribution is 5.28. The van der Waals surface area contributed by atoms with Gasteiger partial charge < -0.3 is 5.32 Å². The average Bonchev–Trinajstić information content (AvgIpc) is 2.38. The van der Waals surface area contributed by atoms with Gasteiger partial charge in [0.1, 0.15) is 0 Å². The zero-order valence-electron chi connectivity index (χ0n) is 13.5. The van der Waals surface area contributed by atoms with Crippen molar-refractivity contribution in [1.29, 1.82) is 0 Å². The van der Waals surface area contributed by atoms with Gasteiger partial charge in [0.2, 0.25) is 0 Å². The van der Waals surface area contributed by atoms with E-state index in [1.165, 1.54) is 44.1 Å². The molecule has 0 bridgehead atoms. The predicted octanol–water partition coefficient (Wildman–Crippen LogP) is 5.43. The smallest absolute Gasteiger partial charge is 0.0320 e. The van der Waals surface area contributed by atoms with Gasteiger partial charge in [-0.15, -0.1) is 0 Å². The number of nitrogens with one attached hydrogen (secondary N) is 1. The second-order valence-electron chi connectivity index (χ2n) is 6.77. The van der Waals surface area contributed by atoms with Gasteiger partial charge in [0.05, 0.1) is 0 Å². The van der Waals surface area contributed by atoms with E-state index in [2.05, 4.69) is 50.4 Å². The van der Waals surface area contributed by atoms with Gasteiger partial charge in [-0.1, -0.05) is 51.5 Å². The van der Waals surface area contributed by atoms with Crippen molar-refractivity contribution in [1.82, 2.24) is 5.32 Å². The summed E-state index contributed by atoms with van der Waals surface area (Å²) in [5.41, 5.74) is 3.03. The Morgan fingerprint density at radius 3 is 2.30 bits per heavy atom. The van der Waals surface area contributed by atoms with Crippen LogP contribution in [0.3, 0.4) is 0 Å². The van der Waals surface area contributed by atoms with Crippen molar-refractivity contribution in [3.63, 3.8) is 0 Å². The average molecular weight is 273 g/mol. The maximum atomic E-state index is 3.72. The summed E-state index contributed by atoms with van der Waals surface area (Å²) in [5, 5.41) is 3.72. The molecule has 0 heterocycles. The van der Waals surface area contributed by atoms with Crippen molar-refractivity contribution in [2.24, 2.45) is 5.92 Å². The second kappa shape index (κ2) is 7.83. The van der Waals surface area contributed by atoms with Crippen LogP contribution in [-0.4, -0.2) is 6.54 Å². The Kier molecular flexibility index (Phi) is 6.09. The second-order valence-corrected chi connectivity index (χ2v) is 6.77. The molecule has 1 fully saturated rings. The summed E-state index contributed by atoms with van der Waals surface area (Å²) in [4.78, 5) is 0. The highest BCUT2D eigenvalue weighted by Gasteiger charge is 2.19. The van der Waals surface area contributed by atoms with Crippen molar-refractivity contribution >= 4 is 0 Å². The zero-order valence-corrected chi connectivity index (χ0v) is 13.5. The van der Waals surface area contributed by atoms with Gasteiger partial charge in [0.25, 0.3) is 0 Å². The molecule has 20 heavy (non-hydrogen) atoms. The zero-order chi connectivity index (χ0) is 14.4. The number of benzene rings is 1. The first kappa shape index (κ1) is 15.6. The Bertz CT molecular complexity index is 375. The fourth-order valence-corrected chi connectivity index (χ4v) is 2.95. The highest BCUT2D eigenvalue weighted by atomic mass is 14.9. The van der Waals surface area contributed by atoms with Crippen LogP contribution >= 0.6 is 0 Å². The lowest BCUT2D eigenvalue weighted by molar-refractivity contribution is 0.418. The Balaban J connectivity index is 1.98. The molecule has 0 amide bonds.